The summed E-state index contributed by atoms with van der Waals surface area (Å²) < 4.78 is 8.73. The van der Waals surface area contributed by atoms with Crippen molar-refractivity contribution in [1.29, 1.82) is 0 Å². The van der Waals surface area contributed by atoms with Crippen LogP contribution < -0.4 is 9.64 Å². The molecule has 1 atom stereocenters. The minimum Gasteiger partial charge on any atom is -0.477 e. The molecule has 0 amide bonds. The molecule has 7 heteroatoms. The molecule has 168 valence electrons. The van der Waals surface area contributed by atoms with Crippen molar-refractivity contribution in [1.82, 2.24) is 19.4 Å². The largest absolute Gasteiger partial charge is 0.477 e. The Kier molecular flexibility index (Phi) is 5.87. The van der Waals surface area contributed by atoms with Crippen LogP contribution in [-0.4, -0.2) is 77.8 Å². The third-order valence-electron chi connectivity index (χ3n) is 6.39. The van der Waals surface area contributed by atoms with Crippen molar-refractivity contribution in [2.24, 2.45) is 0 Å². The molecule has 0 saturated carbocycles. The topological polar surface area (TPSA) is 57.0 Å². The maximum atomic E-state index is 9.60. The molecule has 0 spiro atoms. The molecule has 1 fully saturated rings. The van der Waals surface area contributed by atoms with Crippen LogP contribution in [0.15, 0.2) is 54.9 Å². The number of hydrogen-bond donors (Lipinski definition) is 1. The molecule has 1 unspecified atom stereocenters. The molecule has 1 aromatic carbocycles. The second-order valence-corrected chi connectivity index (χ2v) is 8.81. The molecule has 0 radical (unpaired) electrons. The Labute approximate surface area is 189 Å². The molecule has 2 aromatic heterocycles. The summed E-state index contributed by atoms with van der Waals surface area (Å²) in [7, 11) is 4.25. The average Bonchev–Trinajstić information content (AvgIpc) is 3.32. The number of nitrogens with zero attached hydrogens (tertiary/aromatic N) is 5. The average molecular weight is 434 g/mol. The Hall–Kier alpha value is -2.87. The predicted octanol–water partition coefficient (Wildman–Crippen LogP) is 2.53. The first kappa shape index (κ1) is 21.0. The number of aliphatic hydroxyl groups is 1. The van der Waals surface area contributed by atoms with E-state index in [0.717, 1.165) is 73.3 Å². The molecule has 4 heterocycles. The van der Waals surface area contributed by atoms with Crippen molar-refractivity contribution in [3.05, 3.63) is 71.7 Å². The van der Waals surface area contributed by atoms with Gasteiger partial charge in [0.1, 0.15) is 11.6 Å². The van der Waals surface area contributed by atoms with Gasteiger partial charge in [0, 0.05) is 57.2 Å². The van der Waals surface area contributed by atoms with E-state index in [1.165, 1.54) is 0 Å². The van der Waals surface area contributed by atoms with E-state index < -0.39 is 0 Å². The van der Waals surface area contributed by atoms with E-state index >= 15 is 0 Å². The third-order valence-corrected chi connectivity index (χ3v) is 6.39. The summed E-state index contributed by atoms with van der Waals surface area (Å²) in [5.74, 6) is 1.79. The van der Waals surface area contributed by atoms with E-state index in [1.807, 2.05) is 30.5 Å². The van der Waals surface area contributed by atoms with E-state index in [9.17, 15) is 5.11 Å². The van der Waals surface area contributed by atoms with Crippen molar-refractivity contribution >= 4 is 5.82 Å². The predicted molar refractivity (Wildman–Crippen MR) is 126 cm³/mol. The number of aliphatic hydroxyl groups excluding tert-OH is 1. The molecule has 2 aliphatic heterocycles. The molecule has 1 N–H and O–H groups in total. The smallest absolute Gasteiger partial charge is 0.168 e. The lowest BCUT2D eigenvalue weighted by Gasteiger charge is -2.38. The lowest BCUT2D eigenvalue weighted by molar-refractivity contribution is 0.221. The summed E-state index contributed by atoms with van der Waals surface area (Å²) in [6, 6.07) is 14.2. The standard InChI is InChI=1S/C25H31N5O2/c1-27(2)11-12-28-13-15-29(16-14-28)25-20(5-3-9-26-25)24-22-6-4-10-30(22)21-8-7-19(18-31)17-23(21)32-24/h3-10,17,24,31H,11-16,18H2,1-2H3. The summed E-state index contributed by atoms with van der Waals surface area (Å²) >= 11 is 0. The Morgan fingerprint density at radius 1 is 1.09 bits per heavy atom. The van der Waals surface area contributed by atoms with Gasteiger partial charge in [-0.15, -0.1) is 0 Å². The Bertz CT molecular complexity index is 1070. The SMILES string of the molecule is CN(C)CCN1CCN(c2ncccc2C2Oc3cc(CO)ccc3-n3cccc32)CC1. The number of pyridine rings is 1. The van der Waals surface area contributed by atoms with Gasteiger partial charge in [0.05, 0.1) is 18.0 Å². The summed E-state index contributed by atoms with van der Waals surface area (Å²) in [6.07, 6.45) is 3.70. The molecule has 2 aliphatic rings. The Morgan fingerprint density at radius 3 is 2.72 bits per heavy atom. The number of fused-ring (bicyclic) bond motifs is 3. The lowest BCUT2D eigenvalue weighted by Crippen LogP contribution is -2.48. The van der Waals surface area contributed by atoms with Gasteiger partial charge in [0.15, 0.2) is 6.10 Å². The zero-order valence-corrected chi connectivity index (χ0v) is 18.8. The first-order valence-electron chi connectivity index (χ1n) is 11.3. The summed E-state index contributed by atoms with van der Waals surface area (Å²) in [5.41, 5.74) is 4.01. The first-order valence-corrected chi connectivity index (χ1v) is 11.3. The highest BCUT2D eigenvalue weighted by atomic mass is 16.5. The van der Waals surface area contributed by atoms with E-state index in [2.05, 4.69) is 57.8 Å². The lowest BCUT2D eigenvalue weighted by atomic mass is 10.0. The summed E-state index contributed by atoms with van der Waals surface area (Å²) in [5, 5.41) is 9.60. The van der Waals surface area contributed by atoms with Crippen molar-refractivity contribution in [2.45, 2.75) is 12.7 Å². The van der Waals surface area contributed by atoms with Gasteiger partial charge in [-0.2, -0.15) is 0 Å². The Balaban J connectivity index is 1.42. The van der Waals surface area contributed by atoms with E-state index in [4.69, 9.17) is 9.72 Å². The first-order chi connectivity index (χ1) is 15.6. The van der Waals surface area contributed by atoms with Crippen LogP contribution in [0.5, 0.6) is 5.75 Å². The number of ether oxygens (including phenoxy) is 1. The third kappa shape index (κ3) is 3.99. The van der Waals surface area contributed by atoms with Gasteiger partial charge in [0.2, 0.25) is 0 Å². The molecule has 7 nitrogen and oxygen atoms in total. The van der Waals surface area contributed by atoms with Crippen LogP contribution in [0.1, 0.15) is 22.9 Å². The van der Waals surface area contributed by atoms with Gasteiger partial charge in [-0.1, -0.05) is 6.07 Å². The monoisotopic (exact) mass is 433 g/mol. The fourth-order valence-corrected chi connectivity index (χ4v) is 4.59. The molecule has 1 saturated heterocycles. The van der Waals surface area contributed by atoms with E-state index in [0.29, 0.717) is 0 Å². The minimum atomic E-state index is -0.248. The second-order valence-electron chi connectivity index (χ2n) is 8.81. The zero-order chi connectivity index (χ0) is 22.1. The molecular weight excluding hydrogens is 402 g/mol. The van der Waals surface area contributed by atoms with Gasteiger partial charge >= 0.3 is 0 Å². The fourth-order valence-electron chi connectivity index (χ4n) is 4.59. The van der Waals surface area contributed by atoms with Crippen molar-refractivity contribution in [3.63, 3.8) is 0 Å². The number of benzene rings is 1. The quantitative estimate of drug-likeness (QED) is 0.645. The van der Waals surface area contributed by atoms with E-state index in [-0.39, 0.29) is 12.7 Å². The van der Waals surface area contributed by atoms with Crippen LogP contribution in [-0.2, 0) is 6.61 Å². The second kappa shape index (κ2) is 8.94. The molecule has 0 bridgehead atoms. The van der Waals surface area contributed by atoms with Crippen molar-refractivity contribution < 1.29 is 9.84 Å². The molecular formula is C25H31N5O2. The van der Waals surface area contributed by atoms with Crippen molar-refractivity contribution in [2.75, 3.05) is 58.3 Å². The van der Waals surface area contributed by atoms with Crippen molar-refractivity contribution in [3.8, 4) is 11.4 Å². The van der Waals surface area contributed by atoms with Crippen LogP contribution in [0.25, 0.3) is 5.69 Å². The molecule has 0 aliphatic carbocycles. The number of piperazine rings is 1. The van der Waals surface area contributed by atoms with Gasteiger partial charge < -0.3 is 24.2 Å². The summed E-state index contributed by atoms with van der Waals surface area (Å²) in [4.78, 5) is 11.9. The number of aromatic nitrogens is 2. The zero-order valence-electron chi connectivity index (χ0n) is 18.8. The number of likely N-dealkylation sites (N-methyl/N-ethyl adjacent to an activating group) is 1. The van der Waals surface area contributed by atoms with Gasteiger partial charge in [-0.05, 0) is 56.1 Å². The molecule has 5 rings (SSSR count). The number of rotatable bonds is 6. The number of anilines is 1. The molecule has 3 aromatic rings. The minimum absolute atomic E-state index is 0.00388. The molecule has 32 heavy (non-hydrogen) atoms. The van der Waals surface area contributed by atoms with Crippen LogP contribution in [0.3, 0.4) is 0 Å². The van der Waals surface area contributed by atoms with Crippen LogP contribution >= 0.6 is 0 Å². The highest BCUT2D eigenvalue weighted by Crippen LogP contribution is 2.41. The maximum Gasteiger partial charge on any atom is 0.168 e. The highest BCUT2D eigenvalue weighted by molar-refractivity contribution is 5.57. The van der Waals surface area contributed by atoms with Gasteiger partial charge in [-0.25, -0.2) is 4.98 Å². The Morgan fingerprint density at radius 2 is 1.94 bits per heavy atom. The van der Waals surface area contributed by atoms with E-state index in [1.54, 1.807) is 0 Å². The normalized spacial score (nSPS) is 18.4. The van der Waals surface area contributed by atoms with Crippen LogP contribution in [0.2, 0.25) is 0 Å². The van der Waals surface area contributed by atoms with Crippen LogP contribution in [0.4, 0.5) is 5.82 Å². The maximum absolute atomic E-state index is 9.60. The highest BCUT2D eigenvalue weighted by Gasteiger charge is 2.31. The van der Waals surface area contributed by atoms with Crippen LogP contribution in [0, 0.1) is 0 Å². The van der Waals surface area contributed by atoms with Gasteiger partial charge in [0.25, 0.3) is 0 Å². The number of hydrogen-bond acceptors (Lipinski definition) is 6. The van der Waals surface area contributed by atoms with Gasteiger partial charge in [-0.3, -0.25) is 4.90 Å². The summed E-state index contributed by atoms with van der Waals surface area (Å²) in [6.45, 7) is 6.15. The fraction of sp³-hybridized carbons (Fsp3) is 0.400.